The molecule has 2 rings (SSSR count). The fourth-order valence-corrected chi connectivity index (χ4v) is 4.19. The van der Waals surface area contributed by atoms with Gasteiger partial charge in [-0.3, -0.25) is 4.94 Å². The molecule has 5 atom stereocenters. The van der Waals surface area contributed by atoms with E-state index in [9.17, 15) is 24.6 Å². The van der Waals surface area contributed by atoms with Crippen molar-refractivity contribution in [3.63, 3.8) is 0 Å². The molecule has 3 N–H and O–H groups in total. The summed E-state index contributed by atoms with van der Waals surface area (Å²) in [5, 5.41) is 30.9. The number of benzene rings is 1. The fourth-order valence-electron chi connectivity index (χ4n) is 4.19. The van der Waals surface area contributed by atoms with E-state index in [0.29, 0.717) is 44.9 Å². The van der Waals surface area contributed by atoms with Crippen molar-refractivity contribution in [2.45, 2.75) is 76.1 Å². The van der Waals surface area contributed by atoms with Crippen molar-refractivity contribution in [1.82, 2.24) is 0 Å². The van der Waals surface area contributed by atoms with Crippen LogP contribution in [0.2, 0.25) is 0 Å². The molecule has 0 radical (unpaired) electrons. The quantitative estimate of drug-likeness (QED) is 0.363. The van der Waals surface area contributed by atoms with E-state index in [2.05, 4.69) is 4.94 Å². The fraction of sp³-hybridized carbons (Fsp3) is 0.609. The van der Waals surface area contributed by atoms with Gasteiger partial charge in [0.05, 0.1) is 18.3 Å². The minimum atomic E-state index is -0.862. The summed E-state index contributed by atoms with van der Waals surface area (Å²) in [5.74, 6) is -0.945. The molecule has 0 bridgehead atoms. The Morgan fingerprint density at radius 3 is 2.59 bits per heavy atom. The monoisotopic (exact) mass is 408 g/mol. The maximum Gasteiger partial charge on any atom is 0.348 e. The van der Waals surface area contributed by atoms with E-state index in [1.54, 1.807) is 0 Å². The molecule has 0 saturated heterocycles. The normalized spacial score (nSPS) is 25.4. The molecule has 162 valence electrons. The molecule has 0 aliphatic heterocycles. The van der Waals surface area contributed by atoms with E-state index >= 15 is 0 Å². The van der Waals surface area contributed by atoms with Crippen LogP contribution in [0.15, 0.2) is 42.5 Å². The van der Waals surface area contributed by atoms with Crippen molar-refractivity contribution in [1.29, 1.82) is 0 Å². The van der Waals surface area contributed by atoms with Crippen LogP contribution in [-0.4, -0.2) is 39.6 Å². The zero-order chi connectivity index (χ0) is 21.1. The van der Waals surface area contributed by atoms with Crippen LogP contribution in [0.5, 0.6) is 0 Å². The Balaban J connectivity index is 1.73. The van der Waals surface area contributed by atoms with Gasteiger partial charge in [-0.25, -0.2) is 4.79 Å². The predicted octanol–water partition coefficient (Wildman–Crippen LogP) is 3.66. The summed E-state index contributed by atoms with van der Waals surface area (Å²) in [6, 6.07) is 10.0. The van der Waals surface area contributed by atoms with Gasteiger partial charge >= 0.3 is 5.97 Å². The van der Waals surface area contributed by atoms with Gasteiger partial charge < -0.3 is 15.3 Å². The second-order valence-corrected chi connectivity index (χ2v) is 8.00. The van der Waals surface area contributed by atoms with Gasteiger partial charge in [0.15, 0.2) is 0 Å². The first kappa shape index (κ1) is 23.5. The molecule has 1 aliphatic rings. The van der Waals surface area contributed by atoms with Gasteiger partial charge in [-0.15, -0.1) is 0 Å². The first-order valence-electron chi connectivity index (χ1n) is 10.6. The van der Waals surface area contributed by atoms with Crippen molar-refractivity contribution < 1.29 is 29.6 Å². The largest absolute Gasteiger partial charge is 0.393 e. The molecule has 0 spiro atoms. The number of carbonyl (C=O) groups excluding carboxylic acids is 1. The number of unbranched alkanes of at least 4 members (excludes halogenated alkanes) is 1. The van der Waals surface area contributed by atoms with Gasteiger partial charge in [0, 0.05) is 10.9 Å². The van der Waals surface area contributed by atoms with E-state index in [1.165, 1.54) is 5.56 Å². The lowest BCUT2D eigenvalue weighted by Crippen LogP contribution is -2.23. The summed E-state index contributed by atoms with van der Waals surface area (Å²) >= 11 is 0. The Kier molecular flexibility index (Phi) is 10.3. The zero-order valence-corrected chi connectivity index (χ0v) is 16.8. The van der Waals surface area contributed by atoms with Gasteiger partial charge in [-0.1, -0.05) is 42.5 Å². The molecule has 0 aromatic heterocycles. The lowest BCUT2D eigenvalue weighted by atomic mass is 9.85. The lowest BCUT2D eigenvalue weighted by molar-refractivity contribution is -0.183. The van der Waals surface area contributed by atoms with Crippen LogP contribution in [0.3, 0.4) is 0 Å². The first-order valence-corrected chi connectivity index (χ1v) is 10.6. The van der Waals surface area contributed by atoms with E-state index < -0.39 is 24.3 Å². The SMILES string of the molecule is O=C(CCC/C=C\C[C@@H]1[C@@H](CC[C@@H](O)CCc2ccccc2)[C@H](O)C[C@@H]1O)OF. The smallest absolute Gasteiger partial charge is 0.348 e. The minimum absolute atomic E-state index is 0.0368. The molecule has 1 aliphatic carbocycles. The Bertz CT molecular complexity index is 621. The maximum absolute atomic E-state index is 11.6. The van der Waals surface area contributed by atoms with Crippen LogP contribution in [0, 0.1) is 11.8 Å². The van der Waals surface area contributed by atoms with Crippen LogP contribution in [-0.2, 0) is 16.2 Å². The number of aryl methyl sites for hydroxylation is 1. The molecular weight excluding hydrogens is 375 g/mol. The third-order valence-electron chi connectivity index (χ3n) is 5.88. The molecule has 1 aromatic carbocycles. The minimum Gasteiger partial charge on any atom is -0.393 e. The molecule has 0 heterocycles. The van der Waals surface area contributed by atoms with Crippen molar-refractivity contribution in [3.8, 4) is 0 Å². The number of halogens is 1. The van der Waals surface area contributed by atoms with Crippen molar-refractivity contribution >= 4 is 5.97 Å². The zero-order valence-electron chi connectivity index (χ0n) is 16.8. The summed E-state index contributed by atoms with van der Waals surface area (Å²) in [4.78, 5) is 13.8. The highest BCUT2D eigenvalue weighted by Gasteiger charge is 2.40. The summed E-state index contributed by atoms with van der Waals surface area (Å²) < 4.78 is 11.6. The number of aliphatic hydroxyl groups is 3. The summed E-state index contributed by atoms with van der Waals surface area (Å²) in [6.45, 7) is 0. The van der Waals surface area contributed by atoms with Gasteiger partial charge in [0.25, 0.3) is 0 Å². The molecule has 1 aromatic rings. The van der Waals surface area contributed by atoms with Crippen molar-refractivity contribution in [2.75, 3.05) is 0 Å². The summed E-state index contributed by atoms with van der Waals surface area (Å²) in [5.41, 5.74) is 1.20. The van der Waals surface area contributed by atoms with Gasteiger partial charge in [0.2, 0.25) is 0 Å². The standard InChI is InChI=1S/C23H33FO5/c24-29-23(28)11-7-2-1-6-10-19-20(22(27)16-21(19)26)15-14-18(25)13-12-17-8-4-3-5-9-17/h1,3-6,8-9,18-22,25-27H,2,7,10-16H2/b6-1-/t18-,19+,20+,21-,22+/m0/s1. The molecule has 6 heteroatoms. The maximum atomic E-state index is 11.6. The highest BCUT2D eigenvalue weighted by Crippen LogP contribution is 2.38. The number of hydrogen-bond acceptors (Lipinski definition) is 5. The molecule has 29 heavy (non-hydrogen) atoms. The van der Waals surface area contributed by atoms with Gasteiger partial charge in [-0.05, 0) is 68.8 Å². The number of rotatable bonds is 12. The van der Waals surface area contributed by atoms with E-state index in [4.69, 9.17) is 0 Å². The Labute approximate surface area is 172 Å². The second-order valence-electron chi connectivity index (χ2n) is 8.00. The Hall–Kier alpha value is -1.76. The molecule has 1 fully saturated rings. The molecule has 0 amide bonds. The molecule has 5 nitrogen and oxygen atoms in total. The van der Waals surface area contributed by atoms with Crippen molar-refractivity contribution in [2.24, 2.45) is 11.8 Å². The highest BCUT2D eigenvalue weighted by molar-refractivity contribution is 5.68. The number of aliphatic hydroxyl groups excluding tert-OH is 3. The molecular formula is C23H33FO5. The number of hydrogen-bond donors (Lipinski definition) is 3. The highest BCUT2D eigenvalue weighted by atomic mass is 19.3. The number of carbonyl (C=O) groups is 1. The van der Waals surface area contributed by atoms with E-state index in [0.717, 1.165) is 6.42 Å². The molecule has 1 saturated carbocycles. The van der Waals surface area contributed by atoms with E-state index in [1.807, 2.05) is 42.5 Å². The average Bonchev–Trinajstić information content (AvgIpc) is 3.00. The Morgan fingerprint density at radius 1 is 1.14 bits per heavy atom. The topological polar surface area (TPSA) is 87.0 Å². The average molecular weight is 409 g/mol. The molecule has 0 unspecified atom stereocenters. The third kappa shape index (κ3) is 8.25. The van der Waals surface area contributed by atoms with Crippen molar-refractivity contribution in [3.05, 3.63) is 48.0 Å². The number of allylic oxidation sites excluding steroid dienone is 2. The summed E-state index contributed by atoms with van der Waals surface area (Å²) in [6.07, 6.45) is 7.29. The van der Waals surface area contributed by atoms with Crippen LogP contribution in [0.1, 0.15) is 56.9 Å². The van der Waals surface area contributed by atoms with Crippen LogP contribution in [0.25, 0.3) is 0 Å². The van der Waals surface area contributed by atoms with Crippen LogP contribution < -0.4 is 0 Å². The lowest BCUT2D eigenvalue weighted by Gasteiger charge is -2.23. The van der Waals surface area contributed by atoms with Crippen LogP contribution in [0.4, 0.5) is 4.53 Å². The van der Waals surface area contributed by atoms with E-state index in [-0.39, 0.29) is 18.3 Å². The summed E-state index contributed by atoms with van der Waals surface area (Å²) in [7, 11) is 0. The van der Waals surface area contributed by atoms with Crippen LogP contribution >= 0.6 is 0 Å². The Morgan fingerprint density at radius 2 is 1.86 bits per heavy atom. The van der Waals surface area contributed by atoms with Gasteiger partial charge in [-0.2, -0.15) is 0 Å². The van der Waals surface area contributed by atoms with Gasteiger partial charge in [0.1, 0.15) is 0 Å². The second kappa shape index (κ2) is 12.7. The third-order valence-corrected chi connectivity index (χ3v) is 5.88. The predicted molar refractivity (Wildman–Crippen MR) is 108 cm³/mol. The first-order chi connectivity index (χ1) is 14.0.